The van der Waals surface area contributed by atoms with E-state index in [1.54, 1.807) is 51.3 Å². The molecule has 20 heteroatoms. The van der Waals surface area contributed by atoms with Gasteiger partial charge in [0.15, 0.2) is 17.3 Å². The second-order valence-electron chi connectivity index (χ2n) is 23.5. The summed E-state index contributed by atoms with van der Waals surface area (Å²) in [5.41, 5.74) is 4.56. The number of halogens is 1. The van der Waals surface area contributed by atoms with Crippen molar-refractivity contribution in [2.45, 2.75) is 191 Å². The average molecular weight is 1200 g/mol. The van der Waals surface area contributed by atoms with E-state index >= 15 is 0 Å². The van der Waals surface area contributed by atoms with Crippen molar-refractivity contribution in [1.82, 2.24) is 15.5 Å². The predicted molar refractivity (Wildman–Crippen MR) is 324 cm³/mol. The highest BCUT2D eigenvalue weighted by Gasteiger charge is 2.64. The molecular weight excluding hydrogens is 1100 g/mol. The normalized spacial score (nSPS) is 30.3. The lowest BCUT2D eigenvalue weighted by molar-refractivity contribution is -0.162. The summed E-state index contributed by atoms with van der Waals surface area (Å²) < 4.78 is 29.6. The van der Waals surface area contributed by atoms with Crippen LogP contribution in [0.5, 0.6) is 5.75 Å². The van der Waals surface area contributed by atoms with E-state index in [2.05, 4.69) is 30.7 Å². The highest BCUT2D eigenvalue weighted by atomic mass is 35.5. The number of esters is 1. The topological polar surface area (TPSA) is 246 Å². The van der Waals surface area contributed by atoms with Crippen molar-refractivity contribution >= 4 is 70.3 Å². The summed E-state index contributed by atoms with van der Waals surface area (Å²) in [6, 6.07) is 2.23. The van der Waals surface area contributed by atoms with Crippen LogP contribution in [0.3, 0.4) is 0 Å². The van der Waals surface area contributed by atoms with Gasteiger partial charge in [0.1, 0.15) is 46.5 Å². The number of allylic oxidation sites excluding steroid dienone is 5. The number of nitrogens with zero attached hydrogens (tertiary/aromatic N) is 2. The number of benzene rings is 1. The maximum Gasteiger partial charge on any atom is 0.409 e. The number of hydrogen-bond acceptors (Lipinski definition) is 16. The molecule has 5 aliphatic rings. The number of ether oxygens (including phenoxy) is 5. The molecule has 5 N–H and O–H groups in total. The zero-order chi connectivity index (χ0) is 61.3. The van der Waals surface area contributed by atoms with Gasteiger partial charge in [0.25, 0.3) is 0 Å². The second kappa shape index (κ2) is 32.0. The minimum absolute atomic E-state index is 0.0110. The maximum absolute atomic E-state index is 14.4. The number of aliphatic hydroxyl groups is 1. The molecule has 3 unspecified atom stereocenters. The molecule has 4 bridgehead atoms. The number of anilines is 1. The zero-order valence-corrected chi connectivity index (χ0v) is 52.3. The van der Waals surface area contributed by atoms with Gasteiger partial charge >= 0.3 is 12.1 Å². The molecule has 0 radical (unpaired) electrons. The lowest BCUT2D eigenvalue weighted by Gasteiger charge is -2.42. The molecule has 4 fully saturated rings. The van der Waals surface area contributed by atoms with Gasteiger partial charge in [0, 0.05) is 58.1 Å². The van der Waals surface area contributed by atoms with Gasteiger partial charge in [-0.1, -0.05) is 100 Å². The third kappa shape index (κ3) is 18.3. The SMILES string of the molecule is C=CC(C)C(=O)[C@H](CCCCN)NCCC1CCC(CC2C(=O)CC(SCCC(=O)N(C)[C@@H](C)C(=O)O[C@H]3CC(=O)N(C)c4cc(cc(OC)c4Cl)C/C(C)=C/C=C/[C@@H](OC)[C@@]4(O)C[C@H](OC(=O)N4)[C@@H](C)[C@@H]4O[C@@]34C)C2=O)CC1.C=CCC. The van der Waals surface area contributed by atoms with Gasteiger partial charge < -0.3 is 49.6 Å². The van der Waals surface area contributed by atoms with Crippen LogP contribution in [-0.2, 0) is 54.1 Å². The van der Waals surface area contributed by atoms with Gasteiger partial charge in [-0.15, -0.1) is 24.9 Å². The van der Waals surface area contributed by atoms with Gasteiger partial charge in [-0.2, -0.15) is 0 Å². The van der Waals surface area contributed by atoms with Crippen LogP contribution in [0.15, 0.2) is 61.2 Å². The van der Waals surface area contributed by atoms with E-state index in [0.29, 0.717) is 36.7 Å². The lowest BCUT2D eigenvalue weighted by atomic mass is 9.76. The third-order valence-electron chi connectivity index (χ3n) is 17.5. The highest BCUT2D eigenvalue weighted by molar-refractivity contribution is 8.00. The standard InChI is InChI=1S/C59H86ClN5O13S.C4H8/c1-11-35(3)53(69)42(16-12-13-24-61)62-25-22-38-18-20-39(21-19-38)28-41-44(66)31-47(54(41)70)79-26-23-50(67)64(7)37(5)56(71)77-49-32-51(68)65(8)43-29-40(30-45(74-9)52(43)60)27-34(2)15-14-17-48(75-10)59(73)33-46(76-57(72)63-59)36(4)55-58(49,6)78-55;1-3-4-2/h11,14-15,17,29-30,35-39,41-42,46-49,55,62,73H,1,12-13,16,18-28,31-33,61H2,2-10H3,(H,63,72);3H,1,4H2,2H3/b17-14+,34-15+;/t35?,36-,37+,38?,39?,41?,42+,46+,47?,48-,49+,55+,58+,59+;/m1./s1. The van der Waals surface area contributed by atoms with Crippen LogP contribution in [0.4, 0.5) is 10.5 Å². The summed E-state index contributed by atoms with van der Waals surface area (Å²) in [4.78, 5) is 98.0. The number of methoxy groups -OCH3 is 2. The molecule has 83 heavy (non-hydrogen) atoms. The van der Waals surface area contributed by atoms with Gasteiger partial charge in [-0.3, -0.25) is 29.3 Å². The number of unbranched alkanes of at least 4 members (excludes halogenated alkanes) is 1. The Morgan fingerprint density at radius 2 is 1.77 bits per heavy atom. The number of rotatable bonds is 23. The molecule has 3 heterocycles. The third-order valence-corrected chi connectivity index (χ3v) is 19.1. The number of likely N-dealkylation sites (N-methyl/N-ethyl adjacent to an activating group) is 1. The second-order valence-corrected chi connectivity index (χ2v) is 25.2. The van der Waals surface area contributed by atoms with Crippen molar-refractivity contribution in [1.29, 1.82) is 0 Å². The summed E-state index contributed by atoms with van der Waals surface area (Å²) >= 11 is 8.13. The van der Waals surface area contributed by atoms with E-state index in [-0.39, 0.29) is 77.6 Å². The van der Waals surface area contributed by atoms with Crippen LogP contribution in [0, 0.1) is 29.6 Å². The molecule has 0 aromatic heterocycles. The van der Waals surface area contributed by atoms with Crippen LogP contribution in [0.25, 0.3) is 0 Å². The molecule has 2 saturated carbocycles. The Morgan fingerprint density at radius 3 is 2.41 bits per heavy atom. The Morgan fingerprint density at radius 1 is 1.08 bits per heavy atom. The molecule has 2 aliphatic carbocycles. The van der Waals surface area contributed by atoms with Crippen LogP contribution in [0.2, 0.25) is 5.02 Å². The van der Waals surface area contributed by atoms with Gasteiger partial charge in [0.2, 0.25) is 11.8 Å². The van der Waals surface area contributed by atoms with Crippen molar-refractivity contribution in [3.05, 3.63) is 71.8 Å². The van der Waals surface area contributed by atoms with Crippen LogP contribution in [-0.4, -0.2) is 151 Å². The molecule has 3 amide bonds. The Labute approximate surface area is 501 Å². The first kappa shape index (κ1) is 68.9. The number of thioether (sulfide) groups is 1. The van der Waals surface area contributed by atoms with Crippen molar-refractivity contribution < 1.29 is 62.4 Å². The van der Waals surface area contributed by atoms with Crippen molar-refractivity contribution in [3.63, 3.8) is 0 Å². The summed E-state index contributed by atoms with van der Waals surface area (Å²) in [6.07, 6.45) is 13.2. The number of amides is 3. The molecule has 2 saturated heterocycles. The predicted octanol–water partition coefficient (Wildman–Crippen LogP) is 8.81. The molecule has 18 nitrogen and oxygen atoms in total. The van der Waals surface area contributed by atoms with E-state index in [1.165, 1.54) is 49.8 Å². The molecular formula is C63H94ClN5O13S. The van der Waals surface area contributed by atoms with Crippen molar-refractivity contribution in [2.75, 3.05) is 52.1 Å². The van der Waals surface area contributed by atoms with Gasteiger partial charge in [0.05, 0.1) is 42.5 Å². The minimum atomic E-state index is -1.87. The molecule has 1 aromatic carbocycles. The number of Topliss-reactive ketones (excluding diaryl/α,β-unsaturated/α-hetero) is 3. The smallest absolute Gasteiger partial charge is 0.409 e. The molecule has 12 atom stereocenters. The number of hydrogen-bond donors (Lipinski definition) is 4. The number of carbonyl (C=O) groups is 7. The molecule has 6 rings (SSSR count). The number of alkyl carbamates (subject to hydrolysis) is 1. The monoisotopic (exact) mass is 1200 g/mol. The Hall–Kier alpha value is -4.89. The average Bonchev–Trinajstić information content (AvgIpc) is 2.49. The first-order valence-electron chi connectivity index (χ1n) is 29.6. The van der Waals surface area contributed by atoms with E-state index < -0.39 is 76.8 Å². The number of epoxide rings is 1. The maximum atomic E-state index is 14.4. The largest absolute Gasteiger partial charge is 0.495 e. The molecule has 0 spiro atoms. The number of nitrogens with one attached hydrogen (secondary N) is 2. The lowest BCUT2D eigenvalue weighted by Crippen LogP contribution is -2.63. The number of ketones is 3. The first-order valence-corrected chi connectivity index (χ1v) is 31.1. The van der Waals surface area contributed by atoms with E-state index in [4.69, 9.17) is 41.0 Å². The zero-order valence-electron chi connectivity index (χ0n) is 50.7. The van der Waals surface area contributed by atoms with E-state index in [0.717, 1.165) is 75.5 Å². The fourth-order valence-electron chi connectivity index (χ4n) is 11.7. The van der Waals surface area contributed by atoms with E-state index in [9.17, 15) is 38.7 Å². The molecule has 1 aromatic rings. The number of fused-ring (bicyclic) bond motifs is 5. The van der Waals surface area contributed by atoms with Gasteiger partial charge in [-0.25, -0.2) is 9.59 Å². The van der Waals surface area contributed by atoms with Gasteiger partial charge in [-0.05, 0) is 102 Å². The number of nitrogens with two attached hydrogens (primary N) is 1. The highest BCUT2D eigenvalue weighted by Crippen LogP contribution is 2.49. The summed E-state index contributed by atoms with van der Waals surface area (Å²) in [6.45, 7) is 19.5. The Balaban J connectivity index is 0.00000305. The molecule has 3 aliphatic heterocycles. The van der Waals surface area contributed by atoms with E-state index in [1.807, 2.05) is 26.0 Å². The molecule has 462 valence electrons. The summed E-state index contributed by atoms with van der Waals surface area (Å²) in [7, 11) is 5.94. The first-order chi connectivity index (χ1) is 39.4. The van der Waals surface area contributed by atoms with Crippen LogP contribution >= 0.6 is 23.4 Å². The minimum Gasteiger partial charge on any atom is -0.495 e. The van der Waals surface area contributed by atoms with Crippen LogP contribution in [0.1, 0.15) is 137 Å². The Kier molecular flexibility index (Phi) is 26.6. The fraction of sp³-hybridized carbons (Fsp3) is 0.667. The quantitative estimate of drug-likeness (QED) is 0.0263. The Bertz CT molecular complexity index is 2520. The van der Waals surface area contributed by atoms with Crippen molar-refractivity contribution in [2.24, 2.45) is 35.3 Å². The summed E-state index contributed by atoms with van der Waals surface area (Å²) in [5, 5.41) is 17.6. The number of carbonyl (C=O) groups excluding carboxylic acids is 7. The van der Waals surface area contributed by atoms with Crippen molar-refractivity contribution in [3.8, 4) is 5.75 Å². The van der Waals surface area contributed by atoms with Crippen LogP contribution < -0.4 is 26.0 Å². The summed E-state index contributed by atoms with van der Waals surface area (Å²) in [5.74, 6) is -1.69. The fourth-order valence-corrected chi connectivity index (χ4v) is 13.2.